The van der Waals surface area contributed by atoms with E-state index in [0.29, 0.717) is 6.07 Å². The fraction of sp³-hybridized carbons (Fsp3) is 0.200. The second kappa shape index (κ2) is 5.47. The van der Waals surface area contributed by atoms with Crippen LogP contribution < -0.4 is 9.64 Å². The van der Waals surface area contributed by atoms with Gasteiger partial charge in [0.2, 0.25) is 0 Å². The molecule has 0 atom stereocenters. The van der Waals surface area contributed by atoms with E-state index in [9.17, 15) is 22.0 Å². The Morgan fingerprint density at radius 2 is 1.68 bits per heavy atom. The van der Waals surface area contributed by atoms with Gasteiger partial charge in [-0.05, 0) is 18.6 Å². The third kappa shape index (κ3) is 2.47. The van der Waals surface area contributed by atoms with Gasteiger partial charge in [-0.25, -0.2) is 22.0 Å². The van der Waals surface area contributed by atoms with Crippen LogP contribution in [0.4, 0.5) is 27.6 Å². The molecule has 2 nitrogen and oxygen atoms in total. The molecule has 1 aliphatic rings. The van der Waals surface area contributed by atoms with Gasteiger partial charge in [-0.3, -0.25) is 0 Å². The summed E-state index contributed by atoms with van der Waals surface area (Å²) in [5, 5.41) is 0. The van der Waals surface area contributed by atoms with Gasteiger partial charge in [-0.15, -0.1) is 0 Å². The molecule has 0 bridgehead atoms. The summed E-state index contributed by atoms with van der Waals surface area (Å²) in [6.07, 6.45) is -0.00478. The number of ether oxygens (including phenoxy) is 1. The van der Waals surface area contributed by atoms with Crippen molar-refractivity contribution in [3.8, 4) is 5.75 Å². The van der Waals surface area contributed by atoms with E-state index in [1.165, 1.54) is 11.0 Å². The van der Waals surface area contributed by atoms with Crippen molar-refractivity contribution in [1.29, 1.82) is 0 Å². The predicted molar refractivity (Wildman–Crippen MR) is 69.2 cm³/mol. The third-order valence-electron chi connectivity index (χ3n) is 3.48. The van der Waals surface area contributed by atoms with Crippen LogP contribution in [0.1, 0.15) is 5.56 Å². The van der Waals surface area contributed by atoms with Crippen LogP contribution >= 0.6 is 0 Å². The van der Waals surface area contributed by atoms with Crippen LogP contribution in [0.25, 0.3) is 0 Å². The van der Waals surface area contributed by atoms with Crippen LogP contribution in [0.15, 0.2) is 24.3 Å². The fourth-order valence-electron chi connectivity index (χ4n) is 2.36. The molecular weight excluding hydrogens is 305 g/mol. The van der Waals surface area contributed by atoms with Crippen molar-refractivity contribution in [2.75, 3.05) is 18.2 Å². The molecular formula is C15H10F5NO. The van der Waals surface area contributed by atoms with Gasteiger partial charge in [-0.1, -0.05) is 0 Å². The number of hydrogen-bond donors (Lipinski definition) is 0. The van der Waals surface area contributed by atoms with Gasteiger partial charge in [0, 0.05) is 24.2 Å². The lowest BCUT2D eigenvalue weighted by atomic mass is 10.1. The molecule has 0 spiro atoms. The maximum Gasteiger partial charge on any atom is 0.194 e. The first kappa shape index (κ1) is 14.6. The lowest BCUT2D eigenvalue weighted by Gasteiger charge is -2.22. The molecule has 1 aliphatic heterocycles. The molecule has 0 aromatic heterocycles. The summed E-state index contributed by atoms with van der Waals surface area (Å²) in [6, 6.07) is 3.78. The highest BCUT2D eigenvalue weighted by molar-refractivity contribution is 5.49. The van der Waals surface area contributed by atoms with Crippen molar-refractivity contribution >= 4 is 5.69 Å². The number of rotatable bonds is 1. The minimum atomic E-state index is -1.57. The Kier molecular flexibility index (Phi) is 3.64. The second-order valence-electron chi connectivity index (χ2n) is 4.85. The summed E-state index contributed by atoms with van der Waals surface area (Å²) in [7, 11) is 0. The predicted octanol–water partition coefficient (Wildman–Crippen LogP) is 3.78. The third-order valence-corrected chi connectivity index (χ3v) is 3.48. The zero-order valence-electron chi connectivity index (χ0n) is 11.2. The van der Waals surface area contributed by atoms with Crippen molar-refractivity contribution < 1.29 is 26.7 Å². The van der Waals surface area contributed by atoms with Gasteiger partial charge in [0.25, 0.3) is 0 Å². The van der Waals surface area contributed by atoms with Crippen molar-refractivity contribution in [2.45, 2.75) is 6.42 Å². The van der Waals surface area contributed by atoms with Crippen molar-refractivity contribution in [3.63, 3.8) is 0 Å². The minimum absolute atomic E-state index is 0.00478. The highest BCUT2D eigenvalue weighted by Gasteiger charge is 2.24. The van der Waals surface area contributed by atoms with E-state index in [1.54, 1.807) is 0 Å². The normalized spacial score (nSPS) is 14.3. The SMILES string of the molecule is Fc1ccc(N2CCc3c(cc(F)c(F)c3F)OC2)c(F)c1. The average Bonchev–Trinajstić information content (AvgIpc) is 2.68. The van der Waals surface area contributed by atoms with Crippen LogP contribution in [-0.2, 0) is 6.42 Å². The topological polar surface area (TPSA) is 12.5 Å². The molecule has 3 rings (SSSR count). The number of fused-ring (bicyclic) bond motifs is 1. The van der Waals surface area contributed by atoms with Gasteiger partial charge in [0.1, 0.15) is 17.4 Å². The van der Waals surface area contributed by atoms with Gasteiger partial charge in [-0.2, -0.15) is 0 Å². The highest BCUT2D eigenvalue weighted by Crippen LogP contribution is 2.31. The monoisotopic (exact) mass is 315 g/mol. The zero-order chi connectivity index (χ0) is 15.9. The quantitative estimate of drug-likeness (QED) is 0.586. The molecule has 7 heteroatoms. The molecule has 116 valence electrons. The van der Waals surface area contributed by atoms with E-state index in [-0.39, 0.29) is 36.7 Å². The summed E-state index contributed by atoms with van der Waals surface area (Å²) in [4.78, 5) is 1.39. The average molecular weight is 315 g/mol. The van der Waals surface area contributed by atoms with Gasteiger partial charge >= 0.3 is 0 Å². The Balaban J connectivity index is 1.92. The molecule has 0 saturated heterocycles. The van der Waals surface area contributed by atoms with E-state index in [1.807, 2.05) is 0 Å². The number of halogens is 5. The molecule has 0 fully saturated rings. The first-order valence-corrected chi connectivity index (χ1v) is 6.46. The Labute approximate surface area is 122 Å². The van der Waals surface area contributed by atoms with Crippen molar-refractivity contribution in [3.05, 3.63) is 58.9 Å². The molecule has 1 heterocycles. The Hall–Kier alpha value is -2.31. The molecule has 0 saturated carbocycles. The number of benzene rings is 2. The standard InChI is InChI=1S/C15H10F5NO/c16-8-1-2-12(10(17)5-8)21-4-3-9-13(22-7-21)6-11(18)15(20)14(9)19/h1-2,5-6H,3-4,7H2. The van der Waals surface area contributed by atoms with Gasteiger partial charge < -0.3 is 9.64 Å². The molecule has 22 heavy (non-hydrogen) atoms. The maximum atomic E-state index is 13.8. The Morgan fingerprint density at radius 1 is 0.909 bits per heavy atom. The lowest BCUT2D eigenvalue weighted by molar-refractivity contribution is 0.313. The molecule has 0 amide bonds. The number of hydrogen-bond acceptors (Lipinski definition) is 2. The van der Waals surface area contributed by atoms with Crippen LogP contribution in [0, 0.1) is 29.1 Å². The first-order chi connectivity index (χ1) is 10.5. The summed E-state index contributed by atoms with van der Waals surface area (Å²) in [5.41, 5.74) is -0.0421. The van der Waals surface area contributed by atoms with E-state index < -0.39 is 29.1 Å². The van der Waals surface area contributed by atoms with Crippen LogP contribution in [0.3, 0.4) is 0 Å². The number of nitrogens with zero attached hydrogens (tertiary/aromatic N) is 1. The van der Waals surface area contributed by atoms with Gasteiger partial charge in [0.05, 0.1) is 5.69 Å². The molecule has 0 radical (unpaired) electrons. The molecule has 2 aromatic rings. The van der Waals surface area contributed by atoms with Crippen LogP contribution in [0.5, 0.6) is 5.75 Å². The smallest absolute Gasteiger partial charge is 0.194 e. The highest BCUT2D eigenvalue weighted by atomic mass is 19.2. The fourth-order valence-corrected chi connectivity index (χ4v) is 2.36. The van der Waals surface area contributed by atoms with Gasteiger partial charge in [0.15, 0.2) is 24.2 Å². The summed E-state index contributed by atoms with van der Waals surface area (Å²) >= 11 is 0. The largest absolute Gasteiger partial charge is 0.473 e. The lowest BCUT2D eigenvalue weighted by Crippen LogP contribution is -2.28. The Bertz CT molecular complexity index is 734. The maximum absolute atomic E-state index is 13.8. The van der Waals surface area contributed by atoms with Crippen LogP contribution in [0.2, 0.25) is 0 Å². The molecule has 2 aromatic carbocycles. The Morgan fingerprint density at radius 3 is 2.41 bits per heavy atom. The first-order valence-electron chi connectivity index (χ1n) is 6.46. The van der Waals surface area contributed by atoms with E-state index in [4.69, 9.17) is 4.74 Å². The van der Waals surface area contributed by atoms with Crippen molar-refractivity contribution in [2.24, 2.45) is 0 Å². The van der Waals surface area contributed by atoms with Crippen LogP contribution in [-0.4, -0.2) is 13.3 Å². The summed E-state index contributed by atoms with van der Waals surface area (Å²) < 4.78 is 72.2. The van der Waals surface area contributed by atoms with E-state index in [0.717, 1.165) is 12.1 Å². The van der Waals surface area contributed by atoms with Crippen molar-refractivity contribution in [1.82, 2.24) is 0 Å². The molecule has 0 aliphatic carbocycles. The van der Waals surface area contributed by atoms with E-state index >= 15 is 0 Å². The number of anilines is 1. The van der Waals surface area contributed by atoms with E-state index in [2.05, 4.69) is 0 Å². The molecule has 0 N–H and O–H groups in total. The second-order valence-corrected chi connectivity index (χ2v) is 4.85. The summed E-state index contributed by atoms with van der Waals surface area (Å²) in [5.74, 6) is -5.87. The minimum Gasteiger partial charge on any atom is -0.473 e. The molecule has 0 unspecified atom stereocenters. The zero-order valence-corrected chi connectivity index (χ0v) is 11.2. The summed E-state index contributed by atoms with van der Waals surface area (Å²) in [6.45, 7) is -0.0857.